The number of nitrogens with zero attached hydrogens (tertiary/aromatic N) is 3. The summed E-state index contributed by atoms with van der Waals surface area (Å²) in [7, 11) is 1.66. The maximum absolute atomic E-state index is 10.7. The van der Waals surface area contributed by atoms with Gasteiger partial charge in [-0.15, -0.1) is 0 Å². The molecule has 1 aliphatic carbocycles. The quantitative estimate of drug-likeness (QED) is 0.388. The zero-order valence-corrected chi connectivity index (χ0v) is 16.9. The van der Waals surface area contributed by atoms with Crippen LogP contribution in [0.5, 0.6) is 0 Å². The molecule has 2 aromatic rings. The van der Waals surface area contributed by atoms with Crippen molar-refractivity contribution in [2.75, 3.05) is 13.6 Å². The van der Waals surface area contributed by atoms with Crippen LogP contribution < -0.4 is 5.73 Å². The Kier molecular flexibility index (Phi) is 6.38. The fraction of sp³-hybridized carbons (Fsp3) is 0.455. The van der Waals surface area contributed by atoms with Crippen LogP contribution in [0.2, 0.25) is 0 Å². The van der Waals surface area contributed by atoms with Gasteiger partial charge < -0.3 is 20.8 Å². The molecule has 2 unspecified atom stereocenters. The van der Waals surface area contributed by atoms with Gasteiger partial charge in [-0.05, 0) is 50.8 Å². The van der Waals surface area contributed by atoms with Crippen molar-refractivity contribution in [3.05, 3.63) is 46.8 Å². The molecule has 0 radical (unpaired) electrons. The molecule has 3 rings (SSSR count). The molecular formula is C22H28N4O3. The van der Waals surface area contributed by atoms with E-state index in [0.29, 0.717) is 18.7 Å². The van der Waals surface area contributed by atoms with Crippen molar-refractivity contribution < 1.29 is 15.0 Å². The van der Waals surface area contributed by atoms with E-state index < -0.39 is 11.8 Å². The average Bonchev–Trinajstić information content (AvgIpc) is 3.11. The van der Waals surface area contributed by atoms with Gasteiger partial charge in [-0.25, -0.2) is 4.68 Å². The van der Waals surface area contributed by atoms with E-state index in [1.807, 2.05) is 28.9 Å². The van der Waals surface area contributed by atoms with Gasteiger partial charge in [0.25, 0.3) is 0 Å². The Morgan fingerprint density at radius 3 is 2.90 bits per heavy atom. The van der Waals surface area contributed by atoms with Gasteiger partial charge >= 0.3 is 0 Å². The van der Waals surface area contributed by atoms with Crippen LogP contribution in [0.25, 0.3) is 5.69 Å². The van der Waals surface area contributed by atoms with Gasteiger partial charge in [-0.2, -0.15) is 5.10 Å². The molecule has 1 amide bonds. The van der Waals surface area contributed by atoms with E-state index >= 15 is 0 Å². The van der Waals surface area contributed by atoms with Gasteiger partial charge in [0, 0.05) is 36.8 Å². The van der Waals surface area contributed by atoms with Gasteiger partial charge in [0.05, 0.1) is 5.69 Å². The van der Waals surface area contributed by atoms with E-state index in [-0.39, 0.29) is 0 Å². The first-order chi connectivity index (χ1) is 13.8. The first-order valence-corrected chi connectivity index (χ1v) is 9.86. The maximum Gasteiger partial charge on any atom is 0.209 e. The molecule has 7 nitrogen and oxygen atoms in total. The molecule has 1 aromatic carbocycles. The minimum Gasteiger partial charge on any atom is -0.378 e. The standard InChI is InChI=1S/C22H28N4O3/c1-22(29,12-13-25(2)15-27)11-10-16-6-5-7-17(14-16)26-19-9-4-3-8-18(19)20(24-26)21(23)28/h5-7,14-15,21,28-29H,3-4,8-9,12-13,23H2,1-2H3. The molecule has 29 heavy (non-hydrogen) atoms. The zero-order chi connectivity index (χ0) is 21.0. The van der Waals surface area contributed by atoms with E-state index in [1.54, 1.807) is 14.0 Å². The van der Waals surface area contributed by atoms with E-state index in [2.05, 4.69) is 16.9 Å². The van der Waals surface area contributed by atoms with Crippen LogP contribution in [-0.2, 0) is 17.6 Å². The molecule has 0 fully saturated rings. The number of benzene rings is 1. The van der Waals surface area contributed by atoms with Crippen LogP contribution in [0.4, 0.5) is 0 Å². The van der Waals surface area contributed by atoms with Crippen molar-refractivity contribution in [2.24, 2.45) is 5.73 Å². The summed E-state index contributed by atoms with van der Waals surface area (Å²) in [5, 5.41) is 24.9. The summed E-state index contributed by atoms with van der Waals surface area (Å²) >= 11 is 0. The van der Waals surface area contributed by atoms with Crippen molar-refractivity contribution in [1.29, 1.82) is 0 Å². The summed E-state index contributed by atoms with van der Waals surface area (Å²) in [5.41, 5.74) is 8.79. The maximum atomic E-state index is 10.7. The monoisotopic (exact) mass is 396 g/mol. The second-order valence-corrected chi connectivity index (χ2v) is 7.78. The Morgan fingerprint density at radius 2 is 2.17 bits per heavy atom. The highest BCUT2D eigenvalue weighted by atomic mass is 16.3. The Hall–Kier alpha value is -2.66. The van der Waals surface area contributed by atoms with E-state index in [9.17, 15) is 15.0 Å². The van der Waals surface area contributed by atoms with Crippen LogP contribution in [0.15, 0.2) is 24.3 Å². The smallest absolute Gasteiger partial charge is 0.209 e. The number of aromatic nitrogens is 2. The molecule has 1 heterocycles. The molecule has 0 bridgehead atoms. The van der Waals surface area contributed by atoms with Crippen molar-refractivity contribution in [2.45, 2.75) is 50.9 Å². The highest BCUT2D eigenvalue weighted by Crippen LogP contribution is 2.29. The highest BCUT2D eigenvalue weighted by molar-refractivity contribution is 5.47. The van der Waals surface area contributed by atoms with Crippen LogP contribution >= 0.6 is 0 Å². The number of rotatable bonds is 6. The van der Waals surface area contributed by atoms with Crippen LogP contribution in [0.3, 0.4) is 0 Å². The number of aliphatic hydroxyl groups is 2. The van der Waals surface area contributed by atoms with Gasteiger partial charge in [-0.3, -0.25) is 4.79 Å². The molecule has 2 atom stereocenters. The second kappa shape index (κ2) is 8.78. The Labute approximate surface area is 171 Å². The van der Waals surface area contributed by atoms with E-state index in [0.717, 1.165) is 54.6 Å². The summed E-state index contributed by atoms with van der Waals surface area (Å²) in [6.07, 6.45) is 3.91. The van der Waals surface area contributed by atoms with Crippen LogP contribution in [0.1, 0.15) is 54.9 Å². The van der Waals surface area contributed by atoms with Gasteiger partial charge in [0.2, 0.25) is 6.41 Å². The van der Waals surface area contributed by atoms with E-state index in [4.69, 9.17) is 5.73 Å². The summed E-state index contributed by atoms with van der Waals surface area (Å²) < 4.78 is 1.85. The molecule has 154 valence electrons. The molecule has 4 N–H and O–H groups in total. The topological polar surface area (TPSA) is 105 Å². The van der Waals surface area contributed by atoms with Gasteiger partial charge in [0.1, 0.15) is 17.5 Å². The summed E-state index contributed by atoms with van der Waals surface area (Å²) in [5.74, 6) is 5.92. The Balaban J connectivity index is 1.87. The SMILES string of the molecule is CN(C=O)CCC(C)(O)C#Cc1cccc(-n2nc(C(N)O)c3c2CCCC3)c1. The number of nitrogens with two attached hydrogens (primary N) is 1. The molecule has 1 aliphatic rings. The first-order valence-electron chi connectivity index (χ1n) is 9.86. The fourth-order valence-corrected chi connectivity index (χ4v) is 3.51. The van der Waals surface area contributed by atoms with Crippen molar-refractivity contribution in [3.8, 4) is 17.5 Å². The summed E-state index contributed by atoms with van der Waals surface area (Å²) in [4.78, 5) is 12.2. The lowest BCUT2D eigenvalue weighted by Crippen LogP contribution is -2.29. The average molecular weight is 396 g/mol. The fourth-order valence-electron chi connectivity index (χ4n) is 3.51. The third kappa shape index (κ3) is 5.04. The summed E-state index contributed by atoms with van der Waals surface area (Å²) in [6, 6.07) is 7.62. The molecule has 0 aliphatic heterocycles. The normalized spacial score (nSPS) is 16.2. The third-order valence-corrected chi connectivity index (χ3v) is 5.19. The minimum atomic E-state index is -1.20. The van der Waals surface area contributed by atoms with Crippen molar-refractivity contribution in [3.63, 3.8) is 0 Å². The number of amides is 1. The number of carbonyl (C=O) groups excluding carboxylic acids is 1. The minimum absolute atomic E-state index is 0.360. The predicted octanol–water partition coefficient (Wildman–Crippen LogP) is 1.28. The van der Waals surface area contributed by atoms with E-state index in [1.165, 1.54) is 4.90 Å². The van der Waals surface area contributed by atoms with Gasteiger partial charge in [-0.1, -0.05) is 17.9 Å². The zero-order valence-electron chi connectivity index (χ0n) is 16.9. The lowest BCUT2D eigenvalue weighted by Gasteiger charge is -2.19. The largest absolute Gasteiger partial charge is 0.378 e. The lowest BCUT2D eigenvalue weighted by atomic mass is 9.95. The van der Waals surface area contributed by atoms with Crippen LogP contribution in [-0.4, -0.2) is 50.5 Å². The number of fused-ring (bicyclic) bond motifs is 1. The number of aliphatic hydroxyl groups excluding tert-OH is 1. The number of hydrogen-bond acceptors (Lipinski definition) is 5. The van der Waals surface area contributed by atoms with Crippen molar-refractivity contribution in [1.82, 2.24) is 14.7 Å². The molecule has 0 spiro atoms. The molecule has 7 heteroatoms. The Morgan fingerprint density at radius 1 is 1.41 bits per heavy atom. The predicted molar refractivity (Wildman–Crippen MR) is 110 cm³/mol. The molecule has 1 aromatic heterocycles. The Bertz CT molecular complexity index is 937. The molecule has 0 saturated carbocycles. The highest BCUT2D eigenvalue weighted by Gasteiger charge is 2.24. The van der Waals surface area contributed by atoms with Crippen LogP contribution in [0, 0.1) is 11.8 Å². The summed E-state index contributed by atoms with van der Waals surface area (Å²) in [6.45, 7) is 2.07. The molecular weight excluding hydrogens is 368 g/mol. The van der Waals surface area contributed by atoms with Gasteiger partial charge in [0.15, 0.2) is 0 Å². The first kappa shape index (κ1) is 21.1. The number of hydrogen-bond donors (Lipinski definition) is 3. The second-order valence-electron chi connectivity index (χ2n) is 7.78. The number of carbonyl (C=O) groups is 1. The van der Waals surface area contributed by atoms with Crippen molar-refractivity contribution >= 4 is 6.41 Å². The third-order valence-electron chi connectivity index (χ3n) is 5.19. The molecule has 0 saturated heterocycles. The lowest BCUT2D eigenvalue weighted by molar-refractivity contribution is -0.117.